The third-order valence-corrected chi connectivity index (χ3v) is 7.54. The maximum absolute atomic E-state index is 6.16. The molecule has 0 aromatic heterocycles. The lowest BCUT2D eigenvalue weighted by atomic mass is 10.1. The second-order valence-corrected chi connectivity index (χ2v) is 12.6. The van der Waals surface area contributed by atoms with Crippen LogP contribution < -0.4 is 4.74 Å². The number of nitrogens with zero attached hydrogens (tertiary/aromatic N) is 2. The Bertz CT molecular complexity index is 768. The van der Waals surface area contributed by atoms with E-state index < -0.39 is 0 Å². The fourth-order valence-corrected chi connectivity index (χ4v) is 5.25. The molecule has 0 N–H and O–H groups in total. The van der Waals surface area contributed by atoms with Gasteiger partial charge in [-0.15, -0.1) is 0 Å². The van der Waals surface area contributed by atoms with Crippen LogP contribution in [0.15, 0.2) is 48.5 Å². The Hall–Kier alpha value is -1.84. The van der Waals surface area contributed by atoms with Gasteiger partial charge in [0.15, 0.2) is 0 Å². The number of quaternary nitrogens is 2. The van der Waals surface area contributed by atoms with Gasteiger partial charge in [0.1, 0.15) is 24.6 Å². The highest BCUT2D eigenvalue weighted by atomic mass is 16.5. The molecule has 3 nitrogen and oxygen atoms in total. The van der Waals surface area contributed by atoms with Crippen LogP contribution in [0.4, 0.5) is 0 Å². The van der Waals surface area contributed by atoms with E-state index in [0.29, 0.717) is 0 Å². The Morgan fingerprint density at radius 2 is 0.784 bits per heavy atom. The molecule has 0 saturated carbocycles. The summed E-state index contributed by atoms with van der Waals surface area (Å²) in [6, 6.07) is 17.4. The molecule has 0 heterocycles. The Balaban J connectivity index is 1.75. The summed E-state index contributed by atoms with van der Waals surface area (Å²) in [5.74, 6) is 1.83. The molecule has 2 aromatic rings. The molecule has 0 amide bonds. The van der Waals surface area contributed by atoms with Crippen molar-refractivity contribution in [2.24, 2.45) is 0 Å². The largest absolute Gasteiger partial charge is 0.457 e. The van der Waals surface area contributed by atoms with Crippen molar-refractivity contribution in [3.8, 4) is 11.5 Å². The van der Waals surface area contributed by atoms with E-state index in [0.717, 1.165) is 33.6 Å². The molecule has 0 aliphatic rings. The quantitative estimate of drug-likeness (QED) is 0.127. The second-order valence-electron chi connectivity index (χ2n) is 12.6. The molecule has 0 aliphatic carbocycles. The van der Waals surface area contributed by atoms with Crippen molar-refractivity contribution in [3.05, 3.63) is 59.7 Å². The molecule has 0 unspecified atom stereocenters. The van der Waals surface area contributed by atoms with Crippen molar-refractivity contribution in [1.82, 2.24) is 0 Å². The molecular weight excluding hydrogens is 452 g/mol. The lowest BCUT2D eigenvalue weighted by molar-refractivity contribution is -0.903. The van der Waals surface area contributed by atoms with Gasteiger partial charge in [0.05, 0.1) is 41.3 Å². The minimum atomic E-state index is 0.914. The van der Waals surface area contributed by atoms with Gasteiger partial charge in [-0.05, 0) is 74.2 Å². The highest BCUT2D eigenvalue weighted by Crippen LogP contribution is 2.24. The Labute approximate surface area is 230 Å². The Morgan fingerprint density at radius 1 is 0.459 bits per heavy atom. The molecule has 0 radical (unpaired) electrons. The molecule has 0 aliphatic heterocycles. The minimum absolute atomic E-state index is 0.914. The van der Waals surface area contributed by atoms with E-state index in [1.165, 1.54) is 101 Å². The molecule has 208 valence electrons. The van der Waals surface area contributed by atoms with Gasteiger partial charge >= 0.3 is 0 Å². The SMILES string of the molecule is CCCCCCCC[N+](C)(C)Cc1ccc(Oc2ccc(C[N+](C)(C)CCCCCCCC)cc2)cc1. The summed E-state index contributed by atoms with van der Waals surface area (Å²) in [4.78, 5) is 0. The smallest absolute Gasteiger partial charge is 0.127 e. The van der Waals surface area contributed by atoms with Crippen molar-refractivity contribution >= 4 is 0 Å². The van der Waals surface area contributed by atoms with Crippen molar-refractivity contribution in [1.29, 1.82) is 0 Å². The lowest BCUT2D eigenvalue weighted by Gasteiger charge is -2.30. The zero-order valence-electron chi connectivity index (χ0n) is 25.2. The molecule has 0 bridgehead atoms. The van der Waals surface area contributed by atoms with Crippen LogP contribution in [0, 0.1) is 0 Å². The maximum Gasteiger partial charge on any atom is 0.127 e. The summed E-state index contributed by atoms with van der Waals surface area (Å²) in [6.07, 6.45) is 16.3. The maximum atomic E-state index is 6.16. The van der Waals surface area contributed by atoms with E-state index in [9.17, 15) is 0 Å². The van der Waals surface area contributed by atoms with Crippen LogP contribution in [0.2, 0.25) is 0 Å². The van der Waals surface area contributed by atoms with Crippen molar-refractivity contribution in [2.75, 3.05) is 41.3 Å². The third kappa shape index (κ3) is 14.0. The topological polar surface area (TPSA) is 9.23 Å². The molecule has 0 spiro atoms. The number of ether oxygens (including phenoxy) is 1. The molecule has 37 heavy (non-hydrogen) atoms. The average molecular weight is 511 g/mol. The predicted octanol–water partition coefficient (Wildman–Crippen LogP) is 9.35. The summed E-state index contributed by atoms with van der Waals surface area (Å²) in [6.45, 7) is 9.18. The van der Waals surface area contributed by atoms with E-state index in [2.05, 4.69) is 90.6 Å². The zero-order valence-corrected chi connectivity index (χ0v) is 25.2. The van der Waals surface area contributed by atoms with E-state index in [4.69, 9.17) is 4.74 Å². The molecule has 0 atom stereocenters. The number of benzene rings is 2. The zero-order chi connectivity index (χ0) is 27.0. The first-order valence-electron chi connectivity index (χ1n) is 15.2. The summed E-state index contributed by atoms with van der Waals surface area (Å²) >= 11 is 0. The molecular formula is C34H58N2O+2. The van der Waals surface area contributed by atoms with Crippen LogP contribution in [-0.2, 0) is 13.1 Å². The second kappa shape index (κ2) is 16.9. The van der Waals surface area contributed by atoms with Crippen LogP contribution in [-0.4, -0.2) is 50.2 Å². The van der Waals surface area contributed by atoms with Gasteiger partial charge in [0.2, 0.25) is 0 Å². The Morgan fingerprint density at radius 3 is 1.14 bits per heavy atom. The van der Waals surface area contributed by atoms with E-state index in [1.807, 2.05) is 0 Å². The summed E-state index contributed by atoms with van der Waals surface area (Å²) in [5.41, 5.74) is 2.76. The van der Waals surface area contributed by atoms with Crippen LogP contribution >= 0.6 is 0 Å². The first kappa shape index (κ1) is 31.4. The predicted molar refractivity (Wildman–Crippen MR) is 161 cm³/mol. The van der Waals surface area contributed by atoms with Gasteiger partial charge in [-0.25, -0.2) is 0 Å². The lowest BCUT2D eigenvalue weighted by Crippen LogP contribution is -2.39. The molecule has 0 fully saturated rings. The number of rotatable bonds is 20. The molecule has 2 aromatic carbocycles. The van der Waals surface area contributed by atoms with Crippen LogP contribution in [0.5, 0.6) is 11.5 Å². The first-order chi connectivity index (χ1) is 17.7. The average Bonchev–Trinajstić information content (AvgIpc) is 2.85. The molecule has 3 heteroatoms. The number of hydrogen-bond donors (Lipinski definition) is 0. The molecule has 2 rings (SSSR count). The monoisotopic (exact) mass is 510 g/mol. The van der Waals surface area contributed by atoms with Gasteiger partial charge in [0.25, 0.3) is 0 Å². The highest BCUT2D eigenvalue weighted by Gasteiger charge is 2.17. The van der Waals surface area contributed by atoms with Gasteiger partial charge < -0.3 is 13.7 Å². The van der Waals surface area contributed by atoms with Crippen molar-refractivity contribution in [2.45, 2.75) is 104 Å². The van der Waals surface area contributed by atoms with Gasteiger partial charge in [-0.1, -0.05) is 65.2 Å². The fraction of sp³-hybridized carbons (Fsp3) is 0.647. The summed E-state index contributed by atoms with van der Waals surface area (Å²) < 4.78 is 8.25. The minimum Gasteiger partial charge on any atom is -0.457 e. The van der Waals surface area contributed by atoms with Gasteiger partial charge in [-0.3, -0.25) is 0 Å². The molecule has 0 saturated heterocycles. The summed E-state index contributed by atoms with van der Waals surface area (Å²) in [7, 11) is 9.41. The third-order valence-electron chi connectivity index (χ3n) is 7.54. The van der Waals surface area contributed by atoms with Crippen molar-refractivity contribution < 1.29 is 13.7 Å². The standard InChI is InChI=1S/C34H58N2O/c1-7-9-11-13-15-17-27-35(3,4)29-31-19-23-33(24-20-31)37-34-25-21-32(22-26-34)30-36(5,6)28-18-16-14-12-10-8-2/h19-26H,7-18,27-30H2,1-6H3/q+2. The Kier molecular flexibility index (Phi) is 14.3. The van der Waals surface area contributed by atoms with E-state index >= 15 is 0 Å². The fourth-order valence-electron chi connectivity index (χ4n) is 5.25. The van der Waals surface area contributed by atoms with Gasteiger partial charge in [0, 0.05) is 11.1 Å². The summed E-state index contributed by atoms with van der Waals surface area (Å²) in [5, 5.41) is 0. The van der Waals surface area contributed by atoms with Crippen molar-refractivity contribution in [3.63, 3.8) is 0 Å². The van der Waals surface area contributed by atoms with Crippen LogP contribution in [0.3, 0.4) is 0 Å². The number of hydrogen-bond acceptors (Lipinski definition) is 1. The van der Waals surface area contributed by atoms with E-state index in [-0.39, 0.29) is 0 Å². The normalized spacial score (nSPS) is 12.2. The van der Waals surface area contributed by atoms with Gasteiger partial charge in [-0.2, -0.15) is 0 Å². The van der Waals surface area contributed by atoms with Crippen LogP contribution in [0.1, 0.15) is 102 Å². The van der Waals surface area contributed by atoms with E-state index in [1.54, 1.807) is 0 Å². The first-order valence-corrected chi connectivity index (χ1v) is 15.2. The van der Waals surface area contributed by atoms with Crippen LogP contribution in [0.25, 0.3) is 0 Å². The highest BCUT2D eigenvalue weighted by molar-refractivity contribution is 5.34. The number of unbranched alkanes of at least 4 members (excludes halogenated alkanes) is 10.